The number of carbonyl (C=O) groups is 1. The number of rotatable bonds is 8. The molecule has 0 fully saturated rings. The Kier molecular flexibility index (Phi) is 14.2. The average molecular weight is 877 g/mol. The molecular formula is C51H46Cl4N2O3. The summed E-state index contributed by atoms with van der Waals surface area (Å²) in [5.41, 5.74) is 10.6. The Morgan fingerprint density at radius 1 is 0.633 bits per heavy atom. The summed E-state index contributed by atoms with van der Waals surface area (Å²) in [5, 5.41) is 12.7. The average Bonchev–Trinajstić information content (AvgIpc) is 3.79. The summed E-state index contributed by atoms with van der Waals surface area (Å²) < 4.78 is 6.05. The number of ether oxygens (including phenoxy) is 1. The third-order valence-corrected chi connectivity index (χ3v) is 11.5. The third-order valence-electron chi connectivity index (χ3n) is 10.4. The van der Waals surface area contributed by atoms with E-state index in [1.165, 1.54) is 12.8 Å². The highest BCUT2D eigenvalue weighted by Crippen LogP contribution is 2.56. The molecule has 0 amide bonds. The number of carbonyl (C=O) groups excluding carboxylic acids is 1. The number of allylic oxidation sites excluding steroid dienone is 2. The summed E-state index contributed by atoms with van der Waals surface area (Å²) in [6, 6.07) is 41.2. The lowest BCUT2D eigenvalue weighted by atomic mass is 9.88. The van der Waals surface area contributed by atoms with E-state index in [-0.39, 0.29) is 26.6 Å². The first-order valence-electron chi connectivity index (χ1n) is 19.6. The van der Waals surface area contributed by atoms with E-state index in [0.29, 0.717) is 45.6 Å². The SMILES string of the molecule is C=C1CC(c2c(C)c(C)c(N(c3ccccc3)c3ccccc3)c(O)c2C)=C2C(=O)OC(c3c(Cl)cc(N(c4ccccc4)c4ccccc4)c(Cl)c3Cl)=C12.CCC.CCl. The number of cyclic esters (lactones) is 1. The molecule has 6 aromatic rings. The number of hydrogen-bond donors (Lipinski definition) is 1. The molecule has 0 aromatic heterocycles. The molecule has 0 radical (unpaired) electrons. The highest BCUT2D eigenvalue weighted by Gasteiger charge is 2.43. The Morgan fingerprint density at radius 3 is 1.52 bits per heavy atom. The number of phenols is 1. The normalized spacial score (nSPS) is 13.0. The predicted octanol–water partition coefficient (Wildman–Crippen LogP) is 16.2. The second-order valence-corrected chi connectivity index (χ2v) is 15.4. The fourth-order valence-electron chi connectivity index (χ4n) is 7.74. The highest BCUT2D eigenvalue weighted by atomic mass is 35.5. The van der Waals surface area contributed by atoms with Gasteiger partial charge >= 0.3 is 5.97 Å². The van der Waals surface area contributed by atoms with Crippen molar-refractivity contribution in [1.29, 1.82) is 0 Å². The van der Waals surface area contributed by atoms with Gasteiger partial charge in [0.2, 0.25) is 0 Å². The number of halogens is 4. The molecule has 1 heterocycles. The van der Waals surface area contributed by atoms with Gasteiger partial charge < -0.3 is 19.6 Å². The van der Waals surface area contributed by atoms with Crippen LogP contribution in [-0.4, -0.2) is 17.5 Å². The number of para-hydroxylation sites is 4. The molecular weight excluding hydrogens is 830 g/mol. The van der Waals surface area contributed by atoms with E-state index in [1.807, 2.05) is 147 Å². The molecule has 8 rings (SSSR count). The number of esters is 1. The molecule has 60 heavy (non-hydrogen) atoms. The number of hydrogen-bond acceptors (Lipinski definition) is 5. The van der Waals surface area contributed by atoms with Crippen LogP contribution in [0.1, 0.15) is 54.5 Å². The molecule has 306 valence electrons. The smallest absolute Gasteiger partial charge is 0.344 e. The van der Waals surface area contributed by atoms with Gasteiger partial charge in [0.1, 0.15) is 11.5 Å². The van der Waals surface area contributed by atoms with Gasteiger partial charge in [-0.1, -0.05) is 134 Å². The van der Waals surface area contributed by atoms with Crippen LogP contribution in [0.4, 0.5) is 34.1 Å². The third kappa shape index (κ3) is 8.20. The van der Waals surface area contributed by atoms with E-state index >= 15 is 0 Å². The highest BCUT2D eigenvalue weighted by molar-refractivity contribution is 6.47. The molecule has 0 spiro atoms. The molecule has 0 bridgehead atoms. The largest absolute Gasteiger partial charge is 0.505 e. The molecule has 5 nitrogen and oxygen atoms in total. The zero-order chi connectivity index (χ0) is 43.2. The van der Waals surface area contributed by atoms with Gasteiger partial charge in [0, 0.05) is 40.3 Å². The summed E-state index contributed by atoms with van der Waals surface area (Å²) in [6.45, 7) is 14.5. The van der Waals surface area contributed by atoms with Crippen LogP contribution < -0.4 is 9.80 Å². The lowest BCUT2D eigenvalue weighted by Gasteiger charge is -2.30. The van der Waals surface area contributed by atoms with E-state index in [2.05, 4.69) is 36.9 Å². The fraction of sp³-hybridized carbons (Fsp3) is 0.157. The van der Waals surface area contributed by atoms with Crippen molar-refractivity contribution in [2.24, 2.45) is 0 Å². The Bertz CT molecular complexity index is 2500. The van der Waals surface area contributed by atoms with Crippen molar-refractivity contribution < 1.29 is 14.6 Å². The van der Waals surface area contributed by atoms with Crippen molar-refractivity contribution in [2.75, 3.05) is 16.2 Å². The first kappa shape index (κ1) is 44.1. The van der Waals surface area contributed by atoms with Crippen LogP contribution in [0.15, 0.2) is 151 Å². The number of nitrogens with zero attached hydrogens (tertiary/aromatic N) is 2. The van der Waals surface area contributed by atoms with Crippen LogP contribution in [0.5, 0.6) is 5.75 Å². The first-order valence-corrected chi connectivity index (χ1v) is 21.5. The Labute approximate surface area is 373 Å². The summed E-state index contributed by atoms with van der Waals surface area (Å²) in [4.78, 5) is 18.0. The lowest BCUT2D eigenvalue weighted by molar-refractivity contribution is -0.130. The molecule has 9 heteroatoms. The Morgan fingerprint density at radius 2 is 1.07 bits per heavy atom. The Hall–Kier alpha value is -5.43. The molecule has 1 aliphatic heterocycles. The minimum Gasteiger partial charge on any atom is -0.505 e. The molecule has 0 atom stereocenters. The minimum atomic E-state index is -0.545. The van der Waals surface area contributed by atoms with Gasteiger partial charge in [-0.05, 0) is 110 Å². The second-order valence-electron chi connectivity index (χ2n) is 14.3. The monoisotopic (exact) mass is 874 g/mol. The standard InChI is InChI=1S/C47H35Cl3N2O3.C3H8.CH3Cl/c1-27-25-35(39-28(2)29(3)44(45(53)30(39)4)52(33-21-13-7-14-22-33)34-23-15-8-16-24-34)40-38(27)46(55-47(40)54)41-36(48)26-37(42(49)43(41)50)51(31-17-9-5-10-18-31)32-19-11-6-12-20-32;1-3-2;1-2/h5-24,26,53H,1,25H2,2-4H3;3H2,1-2H3;1H3. The molecule has 0 saturated carbocycles. The van der Waals surface area contributed by atoms with Crippen LogP contribution in [0.2, 0.25) is 15.1 Å². The number of fused-ring (bicyclic) bond motifs is 1. The summed E-state index contributed by atoms with van der Waals surface area (Å²) >= 11 is 26.0. The molecule has 1 N–H and O–H groups in total. The topological polar surface area (TPSA) is 53.0 Å². The number of anilines is 6. The van der Waals surface area contributed by atoms with Crippen LogP contribution in [-0.2, 0) is 9.53 Å². The molecule has 0 unspecified atom stereocenters. The summed E-state index contributed by atoms with van der Waals surface area (Å²) in [6.07, 6.45) is 3.08. The number of alkyl halides is 1. The maximum absolute atomic E-state index is 14.0. The molecule has 6 aromatic carbocycles. The number of phenolic OH excluding ortho intramolecular Hbond substituents is 1. The van der Waals surface area contributed by atoms with Crippen molar-refractivity contribution >= 4 is 97.8 Å². The van der Waals surface area contributed by atoms with Crippen LogP contribution in [0, 0.1) is 20.8 Å². The summed E-state index contributed by atoms with van der Waals surface area (Å²) in [7, 11) is 0. The zero-order valence-electron chi connectivity index (χ0n) is 34.4. The van der Waals surface area contributed by atoms with Gasteiger partial charge in [-0.25, -0.2) is 4.79 Å². The lowest BCUT2D eigenvalue weighted by Crippen LogP contribution is -2.14. The van der Waals surface area contributed by atoms with E-state index < -0.39 is 5.97 Å². The number of benzene rings is 6. The summed E-state index contributed by atoms with van der Waals surface area (Å²) in [5.74, 6) is -0.221. The van der Waals surface area contributed by atoms with Crippen LogP contribution >= 0.6 is 46.4 Å². The van der Waals surface area contributed by atoms with Gasteiger partial charge in [-0.15, -0.1) is 11.6 Å². The van der Waals surface area contributed by atoms with Crippen molar-refractivity contribution in [3.8, 4) is 5.75 Å². The van der Waals surface area contributed by atoms with Gasteiger partial charge in [-0.3, -0.25) is 0 Å². The van der Waals surface area contributed by atoms with Crippen LogP contribution in [0.3, 0.4) is 0 Å². The Balaban J connectivity index is 0.00000116. The van der Waals surface area contributed by atoms with E-state index in [1.54, 1.807) is 6.07 Å². The molecule has 1 aliphatic carbocycles. The quantitative estimate of drug-likeness (QED) is 0.0938. The molecule has 2 aliphatic rings. The van der Waals surface area contributed by atoms with Crippen molar-refractivity contribution in [3.63, 3.8) is 0 Å². The van der Waals surface area contributed by atoms with Crippen molar-refractivity contribution in [2.45, 2.75) is 47.5 Å². The van der Waals surface area contributed by atoms with Gasteiger partial charge in [0.05, 0.1) is 37.6 Å². The van der Waals surface area contributed by atoms with E-state index in [9.17, 15) is 9.90 Å². The van der Waals surface area contributed by atoms with E-state index in [4.69, 9.17) is 39.5 Å². The van der Waals surface area contributed by atoms with Gasteiger partial charge in [0.15, 0.2) is 0 Å². The fourth-order valence-corrected chi connectivity index (χ4v) is 8.59. The maximum Gasteiger partial charge on any atom is 0.344 e. The zero-order valence-corrected chi connectivity index (χ0v) is 37.4. The van der Waals surface area contributed by atoms with E-state index in [0.717, 1.165) is 45.0 Å². The second kappa shape index (κ2) is 19.3. The molecule has 0 saturated heterocycles. The number of aromatic hydroxyl groups is 1. The first-order chi connectivity index (χ1) is 29.0. The minimum absolute atomic E-state index is 0.114. The van der Waals surface area contributed by atoms with Crippen LogP contribution in [0.25, 0.3) is 11.3 Å². The van der Waals surface area contributed by atoms with Gasteiger partial charge in [-0.2, -0.15) is 0 Å². The maximum atomic E-state index is 14.0. The van der Waals surface area contributed by atoms with Gasteiger partial charge in [0.25, 0.3) is 0 Å². The van der Waals surface area contributed by atoms with Crippen molar-refractivity contribution in [1.82, 2.24) is 0 Å². The van der Waals surface area contributed by atoms with Crippen molar-refractivity contribution in [3.05, 3.63) is 194 Å². The predicted molar refractivity (Wildman–Crippen MR) is 255 cm³/mol.